The third-order valence-corrected chi connectivity index (χ3v) is 6.67. The van der Waals surface area contributed by atoms with Crippen molar-refractivity contribution in [2.45, 2.75) is 19.4 Å². The molecular formula is C28H30N4O2. The minimum absolute atomic E-state index is 0.100. The minimum Gasteiger partial charge on any atom is -0.345 e. The van der Waals surface area contributed by atoms with E-state index >= 15 is 0 Å². The van der Waals surface area contributed by atoms with E-state index in [1.165, 1.54) is 0 Å². The van der Waals surface area contributed by atoms with Gasteiger partial charge in [0.25, 0.3) is 5.91 Å². The Morgan fingerprint density at radius 3 is 2.50 bits per heavy atom. The van der Waals surface area contributed by atoms with Gasteiger partial charge in [0.2, 0.25) is 0 Å². The van der Waals surface area contributed by atoms with Gasteiger partial charge < -0.3 is 20.0 Å². The van der Waals surface area contributed by atoms with Crippen LogP contribution in [0.15, 0.2) is 78.1 Å². The molecule has 0 saturated carbocycles. The highest BCUT2D eigenvalue weighted by Crippen LogP contribution is 2.44. The summed E-state index contributed by atoms with van der Waals surface area (Å²) in [5.41, 5.74) is 3.39. The fraction of sp³-hybridized carbons (Fsp3) is 0.286. The molecule has 0 aliphatic carbocycles. The average molecular weight is 455 g/mol. The summed E-state index contributed by atoms with van der Waals surface area (Å²) in [5, 5.41) is 5.37. The highest BCUT2D eigenvalue weighted by Gasteiger charge is 2.41. The van der Waals surface area contributed by atoms with Gasteiger partial charge in [-0.15, -0.1) is 0 Å². The normalized spacial score (nSPS) is 16.2. The second-order valence-electron chi connectivity index (χ2n) is 9.23. The molecule has 2 heterocycles. The van der Waals surface area contributed by atoms with Crippen LogP contribution in [0.1, 0.15) is 24.9 Å². The number of fused-ring (bicyclic) bond motifs is 4. The Morgan fingerprint density at radius 1 is 1.00 bits per heavy atom. The van der Waals surface area contributed by atoms with E-state index in [4.69, 9.17) is 0 Å². The largest absolute Gasteiger partial charge is 0.345 e. The lowest BCUT2D eigenvalue weighted by Crippen LogP contribution is -2.43. The van der Waals surface area contributed by atoms with Gasteiger partial charge in [-0.1, -0.05) is 54.6 Å². The van der Waals surface area contributed by atoms with Gasteiger partial charge in [-0.25, -0.2) is 0 Å². The first-order chi connectivity index (χ1) is 16.5. The van der Waals surface area contributed by atoms with E-state index in [2.05, 4.69) is 50.3 Å². The van der Waals surface area contributed by atoms with Crippen LogP contribution in [0.2, 0.25) is 0 Å². The summed E-state index contributed by atoms with van der Waals surface area (Å²) in [6.07, 6.45) is 0.324. The summed E-state index contributed by atoms with van der Waals surface area (Å²) in [5.74, 6) is 0.297. The van der Waals surface area contributed by atoms with Crippen molar-refractivity contribution < 1.29 is 9.59 Å². The smallest absolute Gasteiger partial charge is 0.259 e. The number of carbonyl (C=O) groups excluding carboxylic acids is 2. The third kappa shape index (κ3) is 3.84. The van der Waals surface area contributed by atoms with Crippen LogP contribution in [-0.2, 0) is 9.59 Å². The molecule has 34 heavy (non-hydrogen) atoms. The van der Waals surface area contributed by atoms with Crippen LogP contribution >= 0.6 is 0 Å². The maximum atomic E-state index is 13.7. The number of rotatable bonds is 6. The average Bonchev–Trinajstić information content (AvgIpc) is 3.15. The van der Waals surface area contributed by atoms with Crippen LogP contribution in [0, 0.1) is 0 Å². The van der Waals surface area contributed by atoms with Crippen LogP contribution < -0.4 is 15.1 Å². The number of nitrogens with one attached hydrogen (secondary N) is 1. The van der Waals surface area contributed by atoms with Gasteiger partial charge in [-0.3, -0.25) is 9.59 Å². The molecule has 1 unspecified atom stereocenters. The predicted molar refractivity (Wildman–Crippen MR) is 137 cm³/mol. The van der Waals surface area contributed by atoms with E-state index in [9.17, 15) is 9.59 Å². The molecule has 3 aromatic carbocycles. The SMILES string of the molecule is CC(NC(=O)C1=C2N(CCC1=O)c1ccccc1N2CCN(C)C)c1cccc2ccccc12. The summed E-state index contributed by atoms with van der Waals surface area (Å²) in [6.45, 7) is 4.06. The fourth-order valence-electron chi connectivity index (χ4n) is 4.98. The monoisotopic (exact) mass is 454 g/mol. The zero-order valence-corrected chi connectivity index (χ0v) is 19.9. The number of hydrogen-bond acceptors (Lipinski definition) is 5. The van der Waals surface area contributed by atoms with Crippen molar-refractivity contribution >= 4 is 33.8 Å². The van der Waals surface area contributed by atoms with Crippen molar-refractivity contribution in [1.82, 2.24) is 10.2 Å². The van der Waals surface area contributed by atoms with Crippen LogP contribution in [0.4, 0.5) is 11.4 Å². The number of Topliss-reactive ketones (excluding diaryl/α,β-unsaturated/α-hetero) is 1. The first kappa shape index (κ1) is 22.2. The van der Waals surface area contributed by atoms with Gasteiger partial charge in [0.1, 0.15) is 11.4 Å². The van der Waals surface area contributed by atoms with Gasteiger partial charge in [-0.05, 0) is 49.5 Å². The molecule has 0 fully saturated rings. The first-order valence-corrected chi connectivity index (χ1v) is 11.8. The zero-order valence-electron chi connectivity index (χ0n) is 19.9. The van der Waals surface area contributed by atoms with E-state index in [-0.39, 0.29) is 23.3 Å². The molecule has 0 radical (unpaired) electrons. The Bertz CT molecular complexity index is 1290. The number of anilines is 2. The van der Waals surface area contributed by atoms with Crippen molar-refractivity contribution in [3.8, 4) is 0 Å². The van der Waals surface area contributed by atoms with Crippen molar-refractivity contribution in [2.75, 3.05) is 43.5 Å². The number of benzene rings is 3. The summed E-state index contributed by atoms with van der Waals surface area (Å²) in [4.78, 5) is 33.2. The highest BCUT2D eigenvalue weighted by molar-refractivity contribution is 6.22. The topological polar surface area (TPSA) is 55.9 Å². The number of hydrogen-bond donors (Lipinski definition) is 1. The standard InChI is InChI=1S/C28H30N4O2/c1-19(21-12-8-10-20-9-4-5-11-22(20)21)29-27(34)26-25(33)15-16-31-23-13-6-7-14-24(23)32(28(26)31)18-17-30(2)3/h4-14,19H,15-18H2,1-3H3,(H,29,34). The first-order valence-electron chi connectivity index (χ1n) is 11.8. The van der Waals surface area contributed by atoms with E-state index in [0.717, 1.165) is 34.3 Å². The third-order valence-electron chi connectivity index (χ3n) is 6.67. The van der Waals surface area contributed by atoms with Gasteiger partial charge >= 0.3 is 0 Å². The molecule has 0 spiro atoms. The molecule has 2 aliphatic heterocycles. The maximum absolute atomic E-state index is 13.7. The van der Waals surface area contributed by atoms with Gasteiger partial charge in [0, 0.05) is 26.1 Å². The molecule has 5 rings (SSSR count). The molecular weight excluding hydrogens is 424 g/mol. The summed E-state index contributed by atoms with van der Waals surface area (Å²) in [7, 11) is 4.05. The summed E-state index contributed by atoms with van der Waals surface area (Å²) >= 11 is 0. The van der Waals surface area contributed by atoms with Gasteiger partial charge in [-0.2, -0.15) is 0 Å². The lowest BCUT2D eigenvalue weighted by Gasteiger charge is -2.32. The molecule has 0 aromatic heterocycles. The Labute approximate surface area is 200 Å². The van der Waals surface area contributed by atoms with Crippen molar-refractivity contribution in [3.63, 3.8) is 0 Å². The number of nitrogens with zero attached hydrogens (tertiary/aromatic N) is 3. The molecule has 0 bridgehead atoms. The van der Waals surface area contributed by atoms with Gasteiger partial charge in [0.15, 0.2) is 5.78 Å². The Balaban J connectivity index is 1.52. The van der Waals surface area contributed by atoms with E-state index in [1.54, 1.807) is 0 Å². The van der Waals surface area contributed by atoms with Crippen molar-refractivity contribution in [2.24, 2.45) is 0 Å². The molecule has 1 amide bonds. The fourth-order valence-corrected chi connectivity index (χ4v) is 4.98. The summed E-state index contributed by atoms with van der Waals surface area (Å²) in [6, 6.07) is 22.2. The molecule has 6 heteroatoms. The molecule has 1 atom stereocenters. The van der Waals surface area contributed by atoms with Crippen LogP contribution in [0.5, 0.6) is 0 Å². The van der Waals surface area contributed by atoms with Crippen molar-refractivity contribution in [3.05, 3.63) is 83.7 Å². The van der Waals surface area contributed by atoms with Crippen LogP contribution in [-0.4, -0.2) is 50.3 Å². The highest BCUT2D eigenvalue weighted by atomic mass is 16.2. The summed E-state index contributed by atoms with van der Waals surface area (Å²) < 4.78 is 0. The van der Waals surface area contributed by atoms with E-state index in [0.29, 0.717) is 25.3 Å². The second-order valence-corrected chi connectivity index (χ2v) is 9.23. The number of likely N-dealkylation sites (N-methyl/N-ethyl adjacent to an activating group) is 1. The lowest BCUT2D eigenvalue weighted by molar-refractivity contribution is -0.123. The number of ketones is 1. The molecule has 2 aliphatic rings. The second kappa shape index (κ2) is 8.95. The van der Waals surface area contributed by atoms with Crippen LogP contribution in [0.25, 0.3) is 10.8 Å². The Hall–Kier alpha value is -3.64. The molecule has 0 saturated heterocycles. The lowest BCUT2D eigenvalue weighted by atomic mass is 9.98. The Morgan fingerprint density at radius 2 is 1.71 bits per heavy atom. The Kier molecular flexibility index (Phi) is 5.84. The van der Waals surface area contributed by atoms with Gasteiger partial charge in [0.05, 0.1) is 17.4 Å². The molecule has 3 aromatic rings. The minimum atomic E-state index is -0.312. The number of carbonyl (C=O) groups is 2. The zero-order chi connectivity index (χ0) is 23.8. The molecule has 174 valence electrons. The predicted octanol–water partition coefficient (Wildman–Crippen LogP) is 4.09. The number of amides is 1. The molecule has 1 N–H and O–H groups in total. The van der Waals surface area contributed by atoms with E-state index < -0.39 is 0 Å². The number of para-hydroxylation sites is 2. The van der Waals surface area contributed by atoms with Crippen molar-refractivity contribution in [1.29, 1.82) is 0 Å². The van der Waals surface area contributed by atoms with Crippen LogP contribution in [0.3, 0.4) is 0 Å². The maximum Gasteiger partial charge on any atom is 0.259 e. The quantitative estimate of drug-likeness (QED) is 0.569. The van der Waals surface area contributed by atoms with E-state index in [1.807, 2.05) is 57.4 Å². The molecule has 6 nitrogen and oxygen atoms in total.